The van der Waals surface area contributed by atoms with Crippen LogP contribution in [-0.4, -0.2) is 55.4 Å². The van der Waals surface area contributed by atoms with Crippen LogP contribution < -0.4 is 0 Å². The van der Waals surface area contributed by atoms with E-state index in [-0.39, 0.29) is 11.8 Å². The quantitative estimate of drug-likeness (QED) is 0.443. The van der Waals surface area contributed by atoms with E-state index >= 15 is 0 Å². The fourth-order valence-electron chi connectivity index (χ4n) is 1.45. The Hall–Kier alpha value is -1.70. The Balaban J connectivity index is 3.01. The molecular weight excluding hydrogens is 212 g/mol. The van der Waals surface area contributed by atoms with Crippen LogP contribution in [0.25, 0.3) is 0 Å². The molecule has 0 aliphatic heterocycles. The maximum atomic E-state index is 12.3. The van der Waals surface area contributed by atoms with Gasteiger partial charge in [0, 0.05) is 11.6 Å². The Morgan fingerprint density at radius 1 is 1.29 bits per heavy atom. The molecule has 3 nitrogen and oxygen atoms in total. The standard InChI is InChI=1S/C14H19N2O/c1-15(2)11-10-13(16(3)4)14(17)12-8-6-5-7-9-12/h5-10,13H,1-4H3/q+1. The molecule has 0 N–H and O–H groups in total. The third kappa shape index (κ3) is 3.99. The van der Waals surface area contributed by atoms with Gasteiger partial charge in [0.2, 0.25) is 0 Å². The lowest BCUT2D eigenvalue weighted by atomic mass is 10.0. The molecule has 0 radical (unpaired) electrons. The summed E-state index contributed by atoms with van der Waals surface area (Å²) in [6.07, 6.45) is 1.79. The van der Waals surface area contributed by atoms with Crippen molar-refractivity contribution in [3.63, 3.8) is 0 Å². The number of Topliss-reactive ketones (excluding diaryl/α,β-unsaturated/α-hetero) is 1. The minimum absolute atomic E-state index is 0.0879. The van der Waals surface area contributed by atoms with E-state index in [4.69, 9.17) is 0 Å². The maximum absolute atomic E-state index is 12.3. The zero-order chi connectivity index (χ0) is 12.8. The first-order valence-electron chi connectivity index (χ1n) is 5.55. The van der Waals surface area contributed by atoms with Gasteiger partial charge in [-0.25, -0.2) is 0 Å². The Morgan fingerprint density at radius 3 is 2.35 bits per heavy atom. The molecule has 0 fully saturated rings. The molecule has 1 aromatic carbocycles. The van der Waals surface area contributed by atoms with E-state index in [1.54, 1.807) is 10.7 Å². The normalized spacial score (nSPS) is 11.8. The van der Waals surface area contributed by atoms with Crippen LogP contribution in [0.4, 0.5) is 0 Å². The van der Waals surface area contributed by atoms with Crippen LogP contribution in [0, 0.1) is 0 Å². The summed E-state index contributed by atoms with van der Waals surface area (Å²) in [5.74, 6) is 3.11. The average molecular weight is 231 g/mol. The van der Waals surface area contributed by atoms with Crippen LogP contribution in [0.5, 0.6) is 0 Å². The van der Waals surface area contributed by atoms with Crippen LogP contribution in [0.15, 0.2) is 36.4 Å². The average Bonchev–Trinajstić information content (AvgIpc) is 2.29. The van der Waals surface area contributed by atoms with E-state index in [2.05, 4.69) is 5.87 Å². The molecule has 0 aliphatic rings. The van der Waals surface area contributed by atoms with Crippen molar-refractivity contribution in [2.45, 2.75) is 6.04 Å². The smallest absolute Gasteiger partial charge is 0.184 e. The molecule has 0 bridgehead atoms. The first kappa shape index (κ1) is 13.4. The van der Waals surface area contributed by atoms with Crippen molar-refractivity contribution in [2.75, 3.05) is 28.2 Å². The van der Waals surface area contributed by atoms with E-state index in [1.807, 2.05) is 63.4 Å². The van der Waals surface area contributed by atoms with Crippen molar-refractivity contribution in [1.82, 2.24) is 4.90 Å². The van der Waals surface area contributed by atoms with Crippen LogP contribution in [0.2, 0.25) is 0 Å². The van der Waals surface area contributed by atoms with E-state index in [0.717, 1.165) is 5.56 Å². The van der Waals surface area contributed by atoms with Crippen LogP contribution >= 0.6 is 0 Å². The van der Waals surface area contributed by atoms with Crippen LogP contribution in [-0.2, 0) is 0 Å². The molecule has 0 spiro atoms. The van der Waals surface area contributed by atoms with Gasteiger partial charge in [0.25, 0.3) is 0 Å². The van der Waals surface area contributed by atoms with Gasteiger partial charge in [-0.15, -0.1) is 0 Å². The minimum atomic E-state index is -0.278. The zero-order valence-electron chi connectivity index (χ0n) is 10.8. The van der Waals surface area contributed by atoms with Crippen molar-refractivity contribution < 1.29 is 9.37 Å². The molecule has 0 saturated carbocycles. The Kier molecular flexibility index (Phi) is 4.83. The second kappa shape index (κ2) is 6.14. The van der Waals surface area contributed by atoms with E-state index in [1.165, 1.54) is 0 Å². The van der Waals surface area contributed by atoms with Gasteiger partial charge in [-0.2, -0.15) is 4.58 Å². The number of rotatable bonds is 4. The Bertz CT molecular complexity index is 439. The predicted molar refractivity (Wildman–Crippen MR) is 69.9 cm³/mol. The number of carbonyl (C=O) groups is 1. The molecule has 1 rings (SSSR count). The summed E-state index contributed by atoms with van der Waals surface area (Å²) in [7, 11) is 7.55. The predicted octanol–water partition coefficient (Wildman–Crippen LogP) is 1.30. The Morgan fingerprint density at radius 2 is 1.88 bits per heavy atom. The molecular formula is C14H19N2O+. The third-order valence-corrected chi connectivity index (χ3v) is 2.37. The number of hydrogen-bond donors (Lipinski definition) is 0. The summed E-state index contributed by atoms with van der Waals surface area (Å²) < 4.78 is 1.80. The van der Waals surface area contributed by atoms with Crippen molar-refractivity contribution in [3.8, 4) is 0 Å². The van der Waals surface area contributed by atoms with E-state index in [9.17, 15) is 4.79 Å². The summed E-state index contributed by atoms with van der Waals surface area (Å²) in [6.45, 7) is 0. The monoisotopic (exact) mass is 231 g/mol. The molecule has 0 heterocycles. The van der Waals surface area contributed by atoms with E-state index in [0.29, 0.717) is 0 Å². The fourth-order valence-corrected chi connectivity index (χ4v) is 1.45. The summed E-state index contributed by atoms with van der Waals surface area (Å²) in [6, 6.07) is 9.05. The number of ketones is 1. The Labute approximate surface area is 103 Å². The zero-order valence-corrected chi connectivity index (χ0v) is 10.8. The van der Waals surface area contributed by atoms with Crippen molar-refractivity contribution in [1.29, 1.82) is 0 Å². The molecule has 0 aliphatic carbocycles. The van der Waals surface area contributed by atoms with E-state index < -0.39 is 0 Å². The number of likely N-dealkylation sites (N-methyl/N-ethyl adjacent to an activating group) is 1. The summed E-state index contributed by atoms with van der Waals surface area (Å²) in [5.41, 5.74) is 0.725. The summed E-state index contributed by atoms with van der Waals surface area (Å²) in [5, 5.41) is 0. The second-order valence-corrected chi connectivity index (χ2v) is 4.33. The molecule has 17 heavy (non-hydrogen) atoms. The van der Waals surface area contributed by atoms with Gasteiger partial charge in [-0.1, -0.05) is 30.3 Å². The van der Waals surface area contributed by atoms with Gasteiger partial charge in [0.15, 0.2) is 11.7 Å². The molecule has 0 amide bonds. The minimum Gasteiger partial charge on any atom is -0.296 e. The van der Waals surface area contributed by atoms with Crippen molar-refractivity contribution >= 4 is 11.7 Å². The highest BCUT2D eigenvalue weighted by molar-refractivity contribution is 6.02. The lowest BCUT2D eigenvalue weighted by molar-refractivity contribution is -0.456. The molecule has 3 heteroatoms. The van der Waals surface area contributed by atoms with Gasteiger partial charge < -0.3 is 0 Å². The summed E-state index contributed by atoms with van der Waals surface area (Å²) in [4.78, 5) is 14.1. The highest BCUT2D eigenvalue weighted by Gasteiger charge is 2.19. The molecule has 90 valence electrons. The fraction of sp³-hybridized carbons (Fsp3) is 0.357. The first-order chi connectivity index (χ1) is 8.02. The van der Waals surface area contributed by atoms with Crippen molar-refractivity contribution in [3.05, 3.63) is 42.0 Å². The van der Waals surface area contributed by atoms with Crippen LogP contribution in [0.3, 0.4) is 0 Å². The van der Waals surface area contributed by atoms with Gasteiger partial charge in [0.1, 0.15) is 20.1 Å². The van der Waals surface area contributed by atoms with Gasteiger partial charge in [-0.3, -0.25) is 9.69 Å². The van der Waals surface area contributed by atoms with Gasteiger partial charge in [0.05, 0.1) is 0 Å². The number of hydrogen-bond acceptors (Lipinski definition) is 2. The SMILES string of the molecule is CN(C)C(C=C=[N+](C)C)C(=O)c1ccccc1. The molecule has 0 aromatic heterocycles. The lowest BCUT2D eigenvalue weighted by Crippen LogP contribution is -2.34. The number of nitrogens with zero attached hydrogens (tertiary/aromatic N) is 2. The molecule has 1 aromatic rings. The third-order valence-electron chi connectivity index (χ3n) is 2.37. The van der Waals surface area contributed by atoms with Gasteiger partial charge in [-0.05, 0) is 14.1 Å². The lowest BCUT2D eigenvalue weighted by Gasteiger charge is -2.17. The molecule has 1 unspecified atom stereocenters. The molecule has 1 atom stereocenters. The summed E-state index contributed by atoms with van der Waals surface area (Å²) >= 11 is 0. The topological polar surface area (TPSA) is 23.3 Å². The largest absolute Gasteiger partial charge is 0.296 e. The highest BCUT2D eigenvalue weighted by atomic mass is 16.1. The first-order valence-corrected chi connectivity index (χ1v) is 5.55. The van der Waals surface area contributed by atoms with Crippen LogP contribution in [0.1, 0.15) is 10.4 Å². The highest BCUT2D eigenvalue weighted by Crippen LogP contribution is 2.07. The van der Waals surface area contributed by atoms with Crippen molar-refractivity contribution in [2.24, 2.45) is 0 Å². The maximum Gasteiger partial charge on any atom is 0.184 e. The van der Waals surface area contributed by atoms with Gasteiger partial charge >= 0.3 is 0 Å². The number of benzene rings is 1. The second-order valence-electron chi connectivity index (χ2n) is 4.33. The number of carbonyl (C=O) groups excluding carboxylic acids is 1. The molecule has 0 saturated heterocycles.